The van der Waals surface area contributed by atoms with Crippen molar-refractivity contribution in [2.45, 2.75) is 31.4 Å². The van der Waals surface area contributed by atoms with Gasteiger partial charge in [-0.15, -0.1) is 0 Å². The van der Waals surface area contributed by atoms with Crippen LogP contribution in [0.15, 0.2) is 36.5 Å². The summed E-state index contributed by atoms with van der Waals surface area (Å²) in [6.45, 7) is 0.913. The van der Waals surface area contributed by atoms with E-state index in [1.807, 2.05) is 0 Å². The summed E-state index contributed by atoms with van der Waals surface area (Å²) in [6.07, 6.45) is -0.0994. The molecule has 2 N–H and O–H groups in total. The summed E-state index contributed by atoms with van der Waals surface area (Å²) in [5.41, 5.74) is 1.56. The molecule has 2 aromatic carbocycles. The Morgan fingerprint density at radius 3 is 2.66 bits per heavy atom. The molecule has 6 nitrogen and oxygen atoms in total. The van der Waals surface area contributed by atoms with Gasteiger partial charge in [0.2, 0.25) is 0 Å². The topological polar surface area (TPSA) is 80.1 Å². The maximum atomic E-state index is 15.7. The van der Waals surface area contributed by atoms with E-state index in [9.17, 15) is 14.3 Å². The number of nitrogens with zero attached hydrogens (tertiary/aromatic N) is 2. The van der Waals surface area contributed by atoms with Crippen molar-refractivity contribution in [1.82, 2.24) is 14.8 Å². The lowest BCUT2D eigenvalue weighted by Crippen LogP contribution is -2.19. The molecule has 5 rings (SSSR count). The van der Waals surface area contributed by atoms with Crippen LogP contribution in [-0.2, 0) is 9.53 Å². The molecule has 2 aromatic heterocycles. The van der Waals surface area contributed by atoms with Crippen molar-refractivity contribution in [2.75, 3.05) is 13.2 Å². The van der Waals surface area contributed by atoms with E-state index in [0.29, 0.717) is 48.3 Å². The third kappa shape index (κ3) is 3.33. The number of hydrogen-bond acceptors (Lipinski definition) is 3. The number of benzene rings is 2. The van der Waals surface area contributed by atoms with Crippen molar-refractivity contribution in [2.24, 2.45) is 0 Å². The fourth-order valence-electron chi connectivity index (χ4n) is 4.66. The van der Waals surface area contributed by atoms with Crippen LogP contribution in [0.25, 0.3) is 27.5 Å². The summed E-state index contributed by atoms with van der Waals surface area (Å²) in [5.74, 6) is -2.62. The summed E-state index contributed by atoms with van der Waals surface area (Å²) in [4.78, 5) is 11.4. The monoisotopic (exact) mass is 443 g/mol. The quantitative estimate of drug-likeness (QED) is 0.446. The molecule has 1 aliphatic rings. The second kappa shape index (κ2) is 7.98. The fourth-order valence-corrected chi connectivity index (χ4v) is 4.66. The molecule has 166 valence electrons. The predicted molar refractivity (Wildman–Crippen MR) is 112 cm³/mol. The van der Waals surface area contributed by atoms with E-state index in [2.05, 4.69) is 10.2 Å². The van der Waals surface area contributed by atoms with Crippen LogP contribution in [-0.4, -0.2) is 39.1 Å². The normalized spacial score (nSPS) is 16.1. The highest BCUT2D eigenvalue weighted by molar-refractivity contribution is 6.00. The highest BCUT2D eigenvalue weighted by Gasteiger charge is 2.33. The zero-order valence-electron chi connectivity index (χ0n) is 16.9. The molecule has 0 aliphatic carbocycles. The van der Waals surface area contributed by atoms with E-state index in [0.717, 1.165) is 0 Å². The molecular weight excluding hydrogens is 423 g/mol. The molecule has 9 heteroatoms. The molecule has 0 spiro atoms. The maximum Gasteiger partial charge on any atom is 0.306 e. The van der Waals surface area contributed by atoms with Gasteiger partial charge in [-0.25, -0.2) is 13.2 Å². The fraction of sp³-hybridized carbons (Fsp3) is 0.304. The summed E-state index contributed by atoms with van der Waals surface area (Å²) in [5, 5.41) is 16.3. The van der Waals surface area contributed by atoms with Crippen molar-refractivity contribution in [3.05, 3.63) is 59.4 Å². The van der Waals surface area contributed by atoms with Crippen molar-refractivity contribution in [3.63, 3.8) is 0 Å². The largest absolute Gasteiger partial charge is 0.481 e. The van der Waals surface area contributed by atoms with Gasteiger partial charge in [0, 0.05) is 46.8 Å². The van der Waals surface area contributed by atoms with Crippen LogP contribution in [0, 0.1) is 11.6 Å². The van der Waals surface area contributed by atoms with Crippen LogP contribution < -0.4 is 0 Å². The Labute approximate surface area is 180 Å². The minimum absolute atomic E-state index is 0.0151. The van der Waals surface area contributed by atoms with Crippen LogP contribution in [0.4, 0.5) is 13.2 Å². The molecule has 0 saturated carbocycles. The average molecular weight is 443 g/mol. The number of carbonyl (C=O) groups is 1. The molecule has 1 saturated heterocycles. The lowest BCUT2D eigenvalue weighted by molar-refractivity contribution is -0.138. The van der Waals surface area contributed by atoms with Gasteiger partial charge in [-0.1, -0.05) is 0 Å². The van der Waals surface area contributed by atoms with Gasteiger partial charge in [0.25, 0.3) is 0 Å². The molecule has 0 radical (unpaired) electrons. The number of aromatic amines is 1. The molecule has 0 bridgehead atoms. The second-order valence-electron chi connectivity index (χ2n) is 7.98. The SMILES string of the molecule is O=C(O)C[C@@H](F)c1c(C2CCOCC2)n(-c2ccc(F)cc2)c2cc3cn[nH]c3c(F)c12. The summed E-state index contributed by atoms with van der Waals surface area (Å²) >= 11 is 0. The maximum absolute atomic E-state index is 15.7. The van der Waals surface area contributed by atoms with Gasteiger partial charge in [-0.2, -0.15) is 5.10 Å². The molecule has 0 amide bonds. The van der Waals surface area contributed by atoms with Crippen molar-refractivity contribution in [1.29, 1.82) is 0 Å². The molecule has 1 fully saturated rings. The number of nitrogens with one attached hydrogen (secondary N) is 1. The number of rotatable bonds is 5. The van der Waals surface area contributed by atoms with Crippen molar-refractivity contribution >= 4 is 27.8 Å². The standard InChI is InChI=1S/C23H20F3N3O3/c24-14-1-3-15(4-2-14)29-17-9-13-11-27-28-22(13)21(26)20(17)19(16(25)10-18(30)31)23(29)12-5-7-32-8-6-12/h1-4,9,11-12,16H,5-8,10H2,(H,27,28)(H,30,31)/t16-/m1/s1. The van der Waals surface area contributed by atoms with E-state index < -0.39 is 30.2 Å². The number of carboxylic acid groups (broad SMARTS) is 1. The first-order valence-electron chi connectivity index (χ1n) is 10.3. The van der Waals surface area contributed by atoms with E-state index in [-0.39, 0.29) is 22.4 Å². The number of hydrogen-bond donors (Lipinski definition) is 2. The van der Waals surface area contributed by atoms with Crippen LogP contribution in [0.1, 0.15) is 42.6 Å². The lowest BCUT2D eigenvalue weighted by Gasteiger charge is -2.26. The van der Waals surface area contributed by atoms with Crippen LogP contribution in [0.2, 0.25) is 0 Å². The van der Waals surface area contributed by atoms with E-state index in [4.69, 9.17) is 4.74 Å². The number of aromatic nitrogens is 3. The third-order valence-corrected chi connectivity index (χ3v) is 6.04. The Balaban J connectivity index is 1.90. The van der Waals surface area contributed by atoms with Crippen LogP contribution in [0.3, 0.4) is 0 Å². The van der Waals surface area contributed by atoms with E-state index in [1.54, 1.807) is 22.8 Å². The average Bonchev–Trinajstić information content (AvgIpc) is 3.38. The number of fused-ring (bicyclic) bond motifs is 2. The Morgan fingerprint density at radius 2 is 1.97 bits per heavy atom. The minimum atomic E-state index is -1.93. The van der Waals surface area contributed by atoms with Crippen molar-refractivity contribution in [3.8, 4) is 5.69 Å². The van der Waals surface area contributed by atoms with Crippen LogP contribution in [0.5, 0.6) is 0 Å². The Kier molecular flexibility index (Phi) is 5.13. The van der Waals surface area contributed by atoms with Gasteiger partial charge < -0.3 is 14.4 Å². The number of aliphatic carboxylic acids is 1. The number of alkyl halides is 1. The molecule has 32 heavy (non-hydrogen) atoms. The van der Waals surface area contributed by atoms with Gasteiger partial charge in [0.1, 0.15) is 17.5 Å². The molecular formula is C23H20F3N3O3. The Morgan fingerprint density at radius 1 is 1.25 bits per heavy atom. The first-order valence-corrected chi connectivity index (χ1v) is 10.3. The van der Waals surface area contributed by atoms with E-state index >= 15 is 8.78 Å². The van der Waals surface area contributed by atoms with Gasteiger partial charge >= 0.3 is 5.97 Å². The molecule has 0 unspecified atom stereocenters. The van der Waals surface area contributed by atoms with Gasteiger partial charge in [0.15, 0.2) is 5.82 Å². The highest BCUT2D eigenvalue weighted by atomic mass is 19.1. The number of carboxylic acids is 1. The van der Waals surface area contributed by atoms with E-state index in [1.165, 1.54) is 18.3 Å². The second-order valence-corrected chi connectivity index (χ2v) is 7.98. The summed E-state index contributed by atoms with van der Waals surface area (Å²) in [7, 11) is 0. The molecule has 1 aliphatic heterocycles. The zero-order valence-corrected chi connectivity index (χ0v) is 16.9. The lowest BCUT2D eigenvalue weighted by atomic mass is 9.90. The minimum Gasteiger partial charge on any atom is -0.481 e. The predicted octanol–water partition coefficient (Wildman–Crippen LogP) is 5.16. The highest BCUT2D eigenvalue weighted by Crippen LogP contribution is 2.45. The Bertz CT molecular complexity index is 1310. The third-order valence-electron chi connectivity index (χ3n) is 6.04. The van der Waals surface area contributed by atoms with Crippen LogP contribution >= 0.6 is 0 Å². The first kappa shape index (κ1) is 20.6. The summed E-state index contributed by atoms with van der Waals surface area (Å²) in [6, 6.07) is 7.35. The first-order chi connectivity index (χ1) is 15.5. The number of halogens is 3. The van der Waals surface area contributed by atoms with Gasteiger partial charge in [-0.3, -0.25) is 9.89 Å². The summed E-state index contributed by atoms with van der Waals surface area (Å²) < 4.78 is 52.1. The van der Waals surface area contributed by atoms with Crippen molar-refractivity contribution < 1.29 is 27.8 Å². The smallest absolute Gasteiger partial charge is 0.306 e. The number of H-pyrrole nitrogens is 1. The number of ether oxygens (including phenoxy) is 1. The Hall–Kier alpha value is -3.33. The van der Waals surface area contributed by atoms with Gasteiger partial charge in [-0.05, 0) is 43.2 Å². The molecule has 4 aromatic rings. The molecule has 3 heterocycles. The van der Waals surface area contributed by atoms with Gasteiger partial charge in [0.05, 0.1) is 18.1 Å². The zero-order chi connectivity index (χ0) is 22.4. The molecule has 1 atom stereocenters.